The molecule has 0 spiro atoms. The molecule has 1 aliphatic heterocycles. The number of nitrogens with two attached hydrogens (primary N) is 1. The van der Waals surface area contributed by atoms with Crippen molar-refractivity contribution in [2.75, 3.05) is 56.6 Å². The molecule has 0 saturated carbocycles. The first-order valence-corrected chi connectivity index (χ1v) is 11.1. The highest BCUT2D eigenvalue weighted by atomic mass is 19.1. The lowest BCUT2D eigenvalue weighted by atomic mass is 10.2. The van der Waals surface area contributed by atoms with E-state index in [0.29, 0.717) is 37.5 Å². The number of nitrogens with one attached hydrogen (secondary N) is 1. The van der Waals surface area contributed by atoms with Crippen LogP contribution in [0.3, 0.4) is 0 Å². The van der Waals surface area contributed by atoms with Crippen LogP contribution in [0.2, 0.25) is 0 Å². The summed E-state index contributed by atoms with van der Waals surface area (Å²) in [6.45, 7) is 3.55. The Morgan fingerprint density at radius 1 is 1.16 bits per heavy atom. The van der Waals surface area contributed by atoms with E-state index in [4.69, 9.17) is 20.7 Å². The number of methoxy groups -OCH3 is 1. The minimum absolute atomic E-state index is 0.112. The molecule has 0 bridgehead atoms. The minimum Gasteiger partial charge on any atom is -0.495 e. The monoisotopic (exact) mass is 520 g/mol. The highest BCUT2D eigenvalue weighted by molar-refractivity contribution is 5.91. The van der Waals surface area contributed by atoms with Crippen LogP contribution in [0.25, 0.3) is 0 Å². The molecule has 1 aromatic carbocycles. The quantitative estimate of drug-likeness (QED) is 0.265. The van der Waals surface area contributed by atoms with Gasteiger partial charge in [0.05, 0.1) is 18.9 Å². The normalized spacial score (nSPS) is 14.4. The number of aliphatic carboxylic acids is 2. The largest absolute Gasteiger partial charge is 0.495 e. The van der Waals surface area contributed by atoms with E-state index < -0.39 is 23.9 Å². The number of piperazine rings is 1. The molecule has 200 valence electrons. The summed E-state index contributed by atoms with van der Waals surface area (Å²) in [5.74, 6) is -2.57. The van der Waals surface area contributed by atoms with Crippen molar-refractivity contribution >= 4 is 29.5 Å². The average Bonchev–Trinajstić information content (AvgIpc) is 2.87. The zero-order valence-corrected chi connectivity index (χ0v) is 20.1. The van der Waals surface area contributed by atoms with Crippen LogP contribution < -0.4 is 20.7 Å². The summed E-state index contributed by atoms with van der Waals surface area (Å²) < 4.78 is 18.9. The van der Waals surface area contributed by atoms with Crippen LogP contribution in [0.5, 0.6) is 5.75 Å². The summed E-state index contributed by atoms with van der Waals surface area (Å²) in [7, 11) is 1.57. The van der Waals surface area contributed by atoms with Gasteiger partial charge in [-0.2, -0.15) is 0 Å². The Labute approximate surface area is 212 Å². The van der Waals surface area contributed by atoms with Crippen molar-refractivity contribution in [1.29, 1.82) is 0 Å². The fraction of sp³-hybridized carbons (Fsp3) is 0.348. The summed E-state index contributed by atoms with van der Waals surface area (Å²) in [6.07, 6.45) is 1.90. The number of carbonyl (C=O) groups is 3. The molecule has 13 nitrogen and oxygen atoms in total. The summed E-state index contributed by atoms with van der Waals surface area (Å²) >= 11 is 0. The van der Waals surface area contributed by atoms with Gasteiger partial charge in [-0.15, -0.1) is 0 Å². The standard InChI is InChI=1S/C19H25FN6O3.C4H4O4/c1-29-17-3-2-13(20)10-16(17)26-8-6-25(7-9-26)12-14(27)11-23-19-22-5-4-15(24-19)18(21)28;5-3(6)1-2-4(7)8/h2-5,10,14,27H,6-9,11-12H2,1H3,(H2,21,28)(H,22,23,24);1-2H,(H,5,6)(H,7,8)/b;2-1+. The van der Waals surface area contributed by atoms with Crippen LogP contribution in [0.1, 0.15) is 10.5 Å². The van der Waals surface area contributed by atoms with E-state index in [1.807, 2.05) is 0 Å². The molecule has 37 heavy (non-hydrogen) atoms. The molecule has 1 atom stereocenters. The third kappa shape index (κ3) is 10.1. The summed E-state index contributed by atoms with van der Waals surface area (Å²) in [6, 6.07) is 5.91. The maximum atomic E-state index is 13.6. The van der Waals surface area contributed by atoms with Crippen molar-refractivity contribution in [3.63, 3.8) is 0 Å². The molecular formula is C23H29FN6O7. The summed E-state index contributed by atoms with van der Waals surface area (Å²) in [5, 5.41) is 28.8. The number of ether oxygens (including phenoxy) is 1. The van der Waals surface area contributed by atoms with Crippen molar-refractivity contribution < 1.29 is 38.8 Å². The first-order valence-electron chi connectivity index (χ1n) is 11.1. The predicted molar refractivity (Wildman–Crippen MR) is 131 cm³/mol. The van der Waals surface area contributed by atoms with Gasteiger partial charge >= 0.3 is 11.9 Å². The molecule has 14 heteroatoms. The van der Waals surface area contributed by atoms with E-state index in [-0.39, 0.29) is 24.0 Å². The van der Waals surface area contributed by atoms with Crippen molar-refractivity contribution in [2.24, 2.45) is 5.73 Å². The second kappa shape index (κ2) is 14.3. The number of nitrogens with zero attached hydrogens (tertiary/aromatic N) is 4. The van der Waals surface area contributed by atoms with Gasteiger partial charge in [0.25, 0.3) is 5.91 Å². The van der Waals surface area contributed by atoms with Crippen LogP contribution in [-0.4, -0.2) is 101 Å². The number of hydrogen-bond donors (Lipinski definition) is 5. The van der Waals surface area contributed by atoms with Crippen LogP contribution in [-0.2, 0) is 9.59 Å². The third-order valence-electron chi connectivity index (χ3n) is 5.10. The molecule has 3 rings (SSSR count). The number of aromatic nitrogens is 2. The van der Waals surface area contributed by atoms with E-state index in [2.05, 4.69) is 25.1 Å². The average molecular weight is 521 g/mol. The van der Waals surface area contributed by atoms with Gasteiger partial charge in [-0.3, -0.25) is 9.69 Å². The van der Waals surface area contributed by atoms with E-state index >= 15 is 0 Å². The number of hydrogen-bond acceptors (Lipinski definition) is 10. The van der Waals surface area contributed by atoms with E-state index in [0.717, 1.165) is 18.8 Å². The summed E-state index contributed by atoms with van der Waals surface area (Å²) in [5.41, 5.74) is 6.05. The number of carboxylic acid groups (broad SMARTS) is 2. The number of carboxylic acids is 2. The van der Waals surface area contributed by atoms with E-state index in [1.54, 1.807) is 13.2 Å². The number of β-amino-alcohol motifs (C(OH)–C–C–N with tert-alkyl or cyclic N) is 1. The van der Waals surface area contributed by atoms with Crippen molar-refractivity contribution in [1.82, 2.24) is 14.9 Å². The predicted octanol–water partition coefficient (Wildman–Crippen LogP) is 0.0300. The van der Waals surface area contributed by atoms with Crippen molar-refractivity contribution in [3.05, 3.63) is 54.1 Å². The molecule has 1 aromatic heterocycles. The van der Waals surface area contributed by atoms with Crippen LogP contribution >= 0.6 is 0 Å². The smallest absolute Gasteiger partial charge is 0.328 e. The van der Waals surface area contributed by atoms with E-state index in [1.165, 1.54) is 24.4 Å². The molecule has 0 aliphatic carbocycles. The first-order chi connectivity index (χ1) is 17.6. The maximum Gasteiger partial charge on any atom is 0.328 e. The van der Waals surface area contributed by atoms with Gasteiger partial charge in [0.15, 0.2) is 0 Å². The highest BCUT2D eigenvalue weighted by Crippen LogP contribution is 2.29. The zero-order valence-electron chi connectivity index (χ0n) is 20.1. The number of amides is 1. The molecule has 1 aliphatic rings. The molecule has 1 amide bonds. The Kier molecular flexibility index (Phi) is 11.2. The molecule has 1 fully saturated rings. The van der Waals surface area contributed by atoms with Crippen LogP contribution in [0.15, 0.2) is 42.6 Å². The third-order valence-corrected chi connectivity index (χ3v) is 5.10. The van der Waals surface area contributed by atoms with Gasteiger partial charge in [-0.1, -0.05) is 0 Å². The molecule has 2 heterocycles. The minimum atomic E-state index is -1.26. The van der Waals surface area contributed by atoms with Gasteiger partial charge in [0, 0.05) is 63.7 Å². The molecule has 6 N–H and O–H groups in total. The second-order valence-electron chi connectivity index (χ2n) is 7.78. The number of primary amides is 1. The van der Waals surface area contributed by atoms with Gasteiger partial charge in [0.2, 0.25) is 5.95 Å². The Hall–Kier alpha value is -4.30. The summed E-state index contributed by atoms with van der Waals surface area (Å²) in [4.78, 5) is 42.5. The number of carbonyl (C=O) groups excluding carboxylic acids is 1. The second-order valence-corrected chi connectivity index (χ2v) is 7.78. The van der Waals surface area contributed by atoms with Crippen molar-refractivity contribution in [2.45, 2.75) is 6.10 Å². The maximum absolute atomic E-state index is 13.6. The Morgan fingerprint density at radius 2 is 1.81 bits per heavy atom. The molecule has 1 saturated heterocycles. The first kappa shape index (κ1) is 28.9. The Balaban J connectivity index is 0.000000521. The zero-order chi connectivity index (χ0) is 27.4. The lowest BCUT2D eigenvalue weighted by Crippen LogP contribution is -2.49. The van der Waals surface area contributed by atoms with Crippen molar-refractivity contribution in [3.8, 4) is 5.75 Å². The molecule has 1 unspecified atom stereocenters. The lowest BCUT2D eigenvalue weighted by Gasteiger charge is -2.37. The lowest BCUT2D eigenvalue weighted by molar-refractivity contribution is -0.134. The van der Waals surface area contributed by atoms with Crippen LogP contribution in [0, 0.1) is 5.82 Å². The molecule has 2 aromatic rings. The van der Waals surface area contributed by atoms with Crippen LogP contribution in [0.4, 0.5) is 16.0 Å². The van der Waals surface area contributed by atoms with Gasteiger partial charge in [-0.05, 0) is 18.2 Å². The van der Waals surface area contributed by atoms with E-state index in [9.17, 15) is 23.9 Å². The van der Waals surface area contributed by atoms with Gasteiger partial charge in [0.1, 0.15) is 17.3 Å². The number of aliphatic hydroxyl groups is 1. The van der Waals surface area contributed by atoms with Gasteiger partial charge < -0.3 is 36.0 Å². The number of benzene rings is 1. The molecule has 0 radical (unpaired) electrons. The topological polar surface area (TPSA) is 191 Å². The Bertz CT molecular complexity index is 1090. The highest BCUT2D eigenvalue weighted by Gasteiger charge is 2.22. The number of anilines is 2. The fourth-order valence-corrected chi connectivity index (χ4v) is 3.38. The number of halogens is 1. The fourth-order valence-electron chi connectivity index (χ4n) is 3.38. The number of rotatable bonds is 10. The number of aliphatic hydroxyl groups excluding tert-OH is 1. The Morgan fingerprint density at radius 3 is 2.38 bits per heavy atom. The van der Waals surface area contributed by atoms with Gasteiger partial charge in [-0.25, -0.2) is 23.9 Å². The SMILES string of the molecule is COc1ccc(F)cc1N1CCN(CC(O)CNc2nccc(C(N)=O)n2)CC1.O=C(O)/C=C/C(=O)O. The molecular weight excluding hydrogens is 491 g/mol.